The summed E-state index contributed by atoms with van der Waals surface area (Å²) in [4.78, 5) is 0. The molecule has 46 valence electrons. The lowest BCUT2D eigenvalue weighted by Gasteiger charge is -2.65. The molecular weight excluding hydrogens is 105 g/mol. The highest BCUT2D eigenvalue weighted by Gasteiger charge is 2.68. The van der Waals surface area contributed by atoms with Crippen LogP contribution in [0.4, 0.5) is 4.39 Å². The maximum Gasteiger partial charge on any atom is 0.116 e. The fourth-order valence-corrected chi connectivity index (χ4v) is 1.93. The molecule has 0 amide bonds. The molecule has 3 rings (SSSR count). The van der Waals surface area contributed by atoms with Gasteiger partial charge in [-0.2, -0.15) is 0 Å². The predicted molar refractivity (Wildman–Crippen MR) is 29.5 cm³/mol. The maximum absolute atomic E-state index is 12.7. The monoisotopic (exact) mass is 115 g/mol. The van der Waals surface area contributed by atoms with Crippen LogP contribution >= 0.6 is 0 Å². The van der Waals surface area contributed by atoms with E-state index in [1.54, 1.807) is 0 Å². The van der Waals surface area contributed by atoms with Crippen LogP contribution in [0.3, 0.4) is 0 Å². The molecule has 0 spiro atoms. The van der Waals surface area contributed by atoms with Gasteiger partial charge in [0.15, 0.2) is 0 Å². The summed E-state index contributed by atoms with van der Waals surface area (Å²) in [5, 5.41) is 3.13. The first-order valence-corrected chi connectivity index (χ1v) is 3.06. The van der Waals surface area contributed by atoms with Gasteiger partial charge in [-0.15, -0.1) is 0 Å². The van der Waals surface area contributed by atoms with Crippen molar-refractivity contribution >= 4 is 0 Å². The van der Waals surface area contributed by atoms with Gasteiger partial charge in [0.05, 0.1) is 0 Å². The third-order valence-corrected chi connectivity index (χ3v) is 2.50. The van der Waals surface area contributed by atoms with Gasteiger partial charge in [-0.25, -0.2) is 4.39 Å². The first-order chi connectivity index (χ1) is 3.68. The van der Waals surface area contributed by atoms with Gasteiger partial charge in [0.1, 0.15) is 5.67 Å². The smallest absolute Gasteiger partial charge is 0.116 e. The SMILES string of the molecule is CN[C@]12C[C@@](F)(C1)C2. The average molecular weight is 115 g/mol. The van der Waals surface area contributed by atoms with E-state index in [-0.39, 0.29) is 5.54 Å². The number of hydrogen-bond donors (Lipinski definition) is 1. The molecule has 1 N–H and O–H groups in total. The first-order valence-electron chi connectivity index (χ1n) is 3.06. The Morgan fingerprint density at radius 2 is 1.88 bits per heavy atom. The molecule has 0 unspecified atom stereocenters. The third-order valence-electron chi connectivity index (χ3n) is 2.50. The minimum atomic E-state index is -0.733. The Hall–Kier alpha value is -0.110. The summed E-state index contributed by atoms with van der Waals surface area (Å²) in [5.41, 5.74) is -0.488. The lowest BCUT2D eigenvalue weighted by atomic mass is 9.47. The number of nitrogens with one attached hydrogen (secondary N) is 1. The molecule has 3 aliphatic carbocycles. The van der Waals surface area contributed by atoms with E-state index in [0.29, 0.717) is 0 Å². The van der Waals surface area contributed by atoms with Crippen LogP contribution in [0.2, 0.25) is 0 Å². The van der Waals surface area contributed by atoms with Crippen LogP contribution in [-0.4, -0.2) is 18.3 Å². The molecule has 8 heavy (non-hydrogen) atoms. The topological polar surface area (TPSA) is 12.0 Å². The molecule has 0 atom stereocenters. The molecule has 2 bridgehead atoms. The Bertz CT molecular complexity index is 113. The van der Waals surface area contributed by atoms with Crippen molar-refractivity contribution in [2.75, 3.05) is 7.05 Å². The average Bonchev–Trinajstić information content (AvgIpc) is 1.55. The molecule has 0 aromatic carbocycles. The van der Waals surface area contributed by atoms with Crippen LogP contribution in [0.25, 0.3) is 0 Å². The quantitative estimate of drug-likeness (QED) is 0.534. The van der Waals surface area contributed by atoms with E-state index >= 15 is 0 Å². The van der Waals surface area contributed by atoms with Crippen LogP contribution in [-0.2, 0) is 0 Å². The minimum Gasteiger partial charge on any atom is -0.314 e. The molecule has 1 nitrogen and oxygen atoms in total. The van der Waals surface area contributed by atoms with Gasteiger partial charge < -0.3 is 5.32 Å². The molecule has 3 saturated carbocycles. The second kappa shape index (κ2) is 0.947. The molecule has 0 saturated heterocycles. The second-order valence-corrected chi connectivity index (χ2v) is 3.21. The summed E-state index contributed by atoms with van der Waals surface area (Å²) in [6.07, 6.45) is 2.28. The van der Waals surface area contributed by atoms with Crippen molar-refractivity contribution in [1.82, 2.24) is 5.32 Å². The summed E-state index contributed by atoms with van der Waals surface area (Å²) in [6, 6.07) is 0. The van der Waals surface area contributed by atoms with E-state index in [1.165, 1.54) is 0 Å². The number of alkyl halides is 1. The van der Waals surface area contributed by atoms with Crippen LogP contribution in [0.15, 0.2) is 0 Å². The van der Waals surface area contributed by atoms with Gasteiger partial charge in [0, 0.05) is 5.54 Å². The van der Waals surface area contributed by atoms with Crippen molar-refractivity contribution in [2.45, 2.75) is 30.5 Å². The van der Waals surface area contributed by atoms with Gasteiger partial charge in [-0.1, -0.05) is 0 Å². The Morgan fingerprint density at radius 1 is 1.38 bits per heavy atom. The summed E-state index contributed by atoms with van der Waals surface area (Å²) < 4.78 is 12.7. The zero-order chi connectivity index (χ0) is 5.83. The Morgan fingerprint density at radius 3 is 2.00 bits per heavy atom. The minimum absolute atomic E-state index is 0.245. The van der Waals surface area contributed by atoms with Crippen LogP contribution < -0.4 is 5.32 Å². The van der Waals surface area contributed by atoms with Crippen LogP contribution in [0.5, 0.6) is 0 Å². The highest BCUT2D eigenvalue weighted by atomic mass is 19.1. The van der Waals surface area contributed by atoms with Crippen molar-refractivity contribution < 1.29 is 4.39 Å². The molecule has 0 aliphatic heterocycles. The zero-order valence-corrected chi connectivity index (χ0v) is 5.00. The van der Waals surface area contributed by atoms with Gasteiger partial charge in [0.2, 0.25) is 0 Å². The van der Waals surface area contributed by atoms with E-state index < -0.39 is 5.67 Å². The summed E-state index contributed by atoms with van der Waals surface area (Å²) in [7, 11) is 1.92. The van der Waals surface area contributed by atoms with Gasteiger partial charge in [-0.05, 0) is 26.3 Å². The normalized spacial score (nSPS) is 59.2. The summed E-state index contributed by atoms with van der Waals surface area (Å²) in [5.74, 6) is 0. The molecule has 3 aliphatic rings. The summed E-state index contributed by atoms with van der Waals surface area (Å²) in [6.45, 7) is 0. The highest BCUT2D eigenvalue weighted by Crippen LogP contribution is 2.62. The molecular formula is C6H10FN. The maximum atomic E-state index is 12.7. The van der Waals surface area contributed by atoms with Gasteiger partial charge in [-0.3, -0.25) is 0 Å². The fraction of sp³-hybridized carbons (Fsp3) is 1.00. The third kappa shape index (κ3) is 0.323. The predicted octanol–water partition coefficient (Wildman–Crippen LogP) is 0.850. The van der Waals surface area contributed by atoms with Crippen molar-refractivity contribution in [3.05, 3.63) is 0 Å². The van der Waals surface area contributed by atoms with E-state index in [9.17, 15) is 4.39 Å². The Balaban J connectivity index is 2.04. The van der Waals surface area contributed by atoms with E-state index in [2.05, 4.69) is 5.32 Å². The van der Waals surface area contributed by atoms with Crippen LogP contribution in [0, 0.1) is 0 Å². The summed E-state index contributed by atoms with van der Waals surface area (Å²) >= 11 is 0. The second-order valence-electron chi connectivity index (χ2n) is 3.21. The van der Waals surface area contributed by atoms with E-state index in [0.717, 1.165) is 19.3 Å². The molecule has 0 aromatic rings. The molecule has 3 fully saturated rings. The number of hydrogen-bond acceptors (Lipinski definition) is 1. The highest BCUT2D eigenvalue weighted by molar-refractivity contribution is 5.24. The van der Waals surface area contributed by atoms with Crippen molar-refractivity contribution in [3.8, 4) is 0 Å². The number of rotatable bonds is 1. The largest absolute Gasteiger partial charge is 0.314 e. The van der Waals surface area contributed by atoms with Gasteiger partial charge in [0.25, 0.3) is 0 Å². The van der Waals surface area contributed by atoms with Crippen molar-refractivity contribution in [3.63, 3.8) is 0 Å². The van der Waals surface area contributed by atoms with E-state index in [1.807, 2.05) is 7.05 Å². The van der Waals surface area contributed by atoms with Crippen molar-refractivity contribution in [1.29, 1.82) is 0 Å². The standard InChI is InChI=1S/C6H10FN/c1-8-6-2-5(7,3-6)4-6/h8H,2-4H2,1H3/t5-,6-. The van der Waals surface area contributed by atoms with Gasteiger partial charge >= 0.3 is 0 Å². The Kier molecular flexibility index (Phi) is 0.561. The zero-order valence-electron chi connectivity index (χ0n) is 5.00. The fourth-order valence-electron chi connectivity index (χ4n) is 1.93. The van der Waals surface area contributed by atoms with Crippen LogP contribution in [0.1, 0.15) is 19.3 Å². The van der Waals surface area contributed by atoms with Crippen molar-refractivity contribution in [2.24, 2.45) is 0 Å². The molecule has 0 heterocycles. The van der Waals surface area contributed by atoms with E-state index in [4.69, 9.17) is 0 Å². The molecule has 0 radical (unpaired) electrons. The molecule has 0 aromatic heterocycles. The molecule has 2 heteroatoms. The number of halogens is 1. The lowest BCUT2D eigenvalue weighted by Crippen LogP contribution is -2.75. The Labute approximate surface area is 48.3 Å². The first kappa shape index (κ1) is 4.74. The lowest BCUT2D eigenvalue weighted by molar-refractivity contribution is -0.165.